The first kappa shape index (κ1) is 22.6. The second-order valence-electron chi connectivity index (χ2n) is 7.34. The van der Waals surface area contributed by atoms with Crippen LogP contribution in [0.1, 0.15) is 89.5 Å². The van der Waals surface area contributed by atoms with Gasteiger partial charge in [0.15, 0.2) is 0 Å². The summed E-state index contributed by atoms with van der Waals surface area (Å²) in [5.74, 6) is 0.288. The first-order valence-corrected chi connectivity index (χ1v) is 10.5. The van der Waals surface area contributed by atoms with Crippen LogP contribution >= 0.6 is 0 Å². The van der Waals surface area contributed by atoms with Gasteiger partial charge >= 0.3 is 0 Å². The lowest BCUT2D eigenvalue weighted by Gasteiger charge is -2.05. The third kappa shape index (κ3) is 12.0. The molecule has 1 aromatic rings. The predicted molar refractivity (Wildman–Crippen MR) is 110 cm³/mol. The topological polar surface area (TPSA) is 60.7 Å². The van der Waals surface area contributed by atoms with Gasteiger partial charge in [0.1, 0.15) is 11.5 Å². The van der Waals surface area contributed by atoms with Crippen molar-refractivity contribution in [3.05, 3.63) is 35.9 Å². The summed E-state index contributed by atoms with van der Waals surface area (Å²) in [6.07, 6.45) is 19.3. The van der Waals surface area contributed by atoms with Crippen LogP contribution in [0.3, 0.4) is 0 Å². The fraction of sp³-hybridized carbons (Fsp3) is 0.652. The molecule has 26 heavy (non-hydrogen) atoms. The monoisotopic (exact) mass is 362 g/mol. The number of aliphatic hydroxyl groups excluding tert-OH is 1. The molecule has 0 heterocycles. The van der Waals surface area contributed by atoms with Gasteiger partial charge in [0.05, 0.1) is 6.10 Å². The summed E-state index contributed by atoms with van der Waals surface area (Å²) in [5, 5.41) is 28.4. The molecule has 0 aliphatic carbocycles. The summed E-state index contributed by atoms with van der Waals surface area (Å²) >= 11 is 0. The Morgan fingerprint density at radius 1 is 0.769 bits per heavy atom. The zero-order valence-electron chi connectivity index (χ0n) is 16.5. The predicted octanol–water partition coefficient (Wildman–Crippen LogP) is 6.26. The van der Waals surface area contributed by atoms with E-state index in [-0.39, 0.29) is 17.6 Å². The summed E-state index contributed by atoms with van der Waals surface area (Å²) in [4.78, 5) is 0. The first-order valence-electron chi connectivity index (χ1n) is 10.5. The SMILES string of the molecule is CC[C@H](O)CCCCC/C=C\CCCCCCCc1cc(O)cc(O)c1. The molecule has 0 aromatic heterocycles. The lowest BCUT2D eigenvalue weighted by atomic mass is 10.0. The van der Waals surface area contributed by atoms with Crippen molar-refractivity contribution in [1.82, 2.24) is 0 Å². The Kier molecular flexibility index (Phi) is 12.7. The number of aliphatic hydroxyl groups is 1. The van der Waals surface area contributed by atoms with Crippen molar-refractivity contribution in [2.24, 2.45) is 0 Å². The fourth-order valence-electron chi connectivity index (χ4n) is 3.18. The molecule has 1 atom stereocenters. The molecule has 3 heteroatoms. The lowest BCUT2D eigenvalue weighted by Crippen LogP contribution is -2.03. The van der Waals surface area contributed by atoms with Crippen LogP contribution in [0.15, 0.2) is 30.4 Å². The molecule has 0 amide bonds. The van der Waals surface area contributed by atoms with Crippen LogP contribution in [0.4, 0.5) is 0 Å². The average Bonchev–Trinajstić information content (AvgIpc) is 2.60. The molecule has 0 radical (unpaired) electrons. The van der Waals surface area contributed by atoms with Gasteiger partial charge in [-0.1, -0.05) is 51.2 Å². The number of phenolic OH excluding ortho intramolecular Hbond substituents is 2. The minimum Gasteiger partial charge on any atom is -0.508 e. The highest BCUT2D eigenvalue weighted by atomic mass is 16.3. The van der Waals surface area contributed by atoms with Crippen molar-refractivity contribution in [3.8, 4) is 11.5 Å². The van der Waals surface area contributed by atoms with E-state index in [4.69, 9.17) is 0 Å². The van der Waals surface area contributed by atoms with Gasteiger partial charge in [-0.2, -0.15) is 0 Å². The Labute approximate surface area is 159 Å². The van der Waals surface area contributed by atoms with Gasteiger partial charge in [-0.05, 0) is 69.1 Å². The number of hydrogen-bond donors (Lipinski definition) is 3. The molecule has 0 saturated carbocycles. The molecule has 3 nitrogen and oxygen atoms in total. The second-order valence-corrected chi connectivity index (χ2v) is 7.34. The van der Waals surface area contributed by atoms with E-state index in [1.165, 1.54) is 57.4 Å². The minimum atomic E-state index is -0.0995. The highest BCUT2D eigenvalue weighted by Crippen LogP contribution is 2.22. The zero-order valence-corrected chi connectivity index (χ0v) is 16.5. The van der Waals surface area contributed by atoms with Crippen molar-refractivity contribution in [3.63, 3.8) is 0 Å². The number of aryl methyl sites for hydroxylation is 1. The van der Waals surface area contributed by atoms with Gasteiger partial charge < -0.3 is 15.3 Å². The van der Waals surface area contributed by atoms with Crippen LogP contribution in [-0.2, 0) is 6.42 Å². The Bertz CT molecular complexity index is 476. The maximum Gasteiger partial charge on any atom is 0.119 e. The summed E-state index contributed by atoms with van der Waals surface area (Å²) in [6.45, 7) is 2.04. The Hall–Kier alpha value is -1.48. The summed E-state index contributed by atoms with van der Waals surface area (Å²) < 4.78 is 0. The van der Waals surface area contributed by atoms with E-state index >= 15 is 0 Å². The van der Waals surface area contributed by atoms with E-state index in [2.05, 4.69) is 12.2 Å². The smallest absolute Gasteiger partial charge is 0.119 e. The third-order valence-corrected chi connectivity index (χ3v) is 4.84. The van der Waals surface area contributed by atoms with Gasteiger partial charge in [0, 0.05) is 6.07 Å². The Balaban J connectivity index is 1.88. The molecule has 0 aliphatic rings. The molecule has 0 spiro atoms. The van der Waals surface area contributed by atoms with E-state index in [0.29, 0.717) is 0 Å². The Morgan fingerprint density at radius 3 is 1.92 bits per heavy atom. The lowest BCUT2D eigenvalue weighted by molar-refractivity contribution is 0.156. The van der Waals surface area contributed by atoms with Gasteiger partial charge in [0.2, 0.25) is 0 Å². The van der Waals surface area contributed by atoms with E-state index < -0.39 is 0 Å². The highest BCUT2D eigenvalue weighted by Gasteiger charge is 2.00. The Morgan fingerprint density at radius 2 is 1.31 bits per heavy atom. The number of phenols is 2. The quantitative estimate of drug-likeness (QED) is 0.255. The maximum absolute atomic E-state index is 9.48. The molecule has 0 fully saturated rings. The van der Waals surface area contributed by atoms with Crippen LogP contribution in [0.5, 0.6) is 11.5 Å². The van der Waals surface area contributed by atoms with E-state index in [9.17, 15) is 15.3 Å². The molecule has 0 aliphatic heterocycles. The molecular formula is C23H38O3. The number of allylic oxidation sites excluding steroid dienone is 2. The molecule has 0 saturated heterocycles. The average molecular weight is 363 g/mol. The largest absolute Gasteiger partial charge is 0.508 e. The van der Waals surface area contributed by atoms with E-state index in [1.807, 2.05) is 6.92 Å². The molecule has 1 aromatic carbocycles. The molecule has 1 rings (SSSR count). The highest BCUT2D eigenvalue weighted by molar-refractivity contribution is 5.36. The molecule has 0 unspecified atom stereocenters. The van der Waals surface area contributed by atoms with Crippen molar-refractivity contribution < 1.29 is 15.3 Å². The number of aromatic hydroxyl groups is 2. The van der Waals surface area contributed by atoms with Crippen LogP contribution in [0, 0.1) is 0 Å². The minimum absolute atomic E-state index is 0.0995. The van der Waals surface area contributed by atoms with Crippen molar-refractivity contribution in [2.45, 2.75) is 96.5 Å². The van der Waals surface area contributed by atoms with Crippen LogP contribution in [-0.4, -0.2) is 21.4 Å². The third-order valence-electron chi connectivity index (χ3n) is 4.84. The van der Waals surface area contributed by atoms with Crippen molar-refractivity contribution in [2.75, 3.05) is 0 Å². The summed E-state index contributed by atoms with van der Waals surface area (Å²) in [6, 6.07) is 4.83. The standard InChI is InChI=1S/C23H38O3/c1-2-21(24)16-14-12-10-8-6-4-3-5-7-9-11-13-15-20-17-22(25)19-23(26)18-20/h4,6,17-19,21,24-26H,2-3,5,7-16H2,1H3/b6-4-/t21-/m0/s1. The number of hydrogen-bond acceptors (Lipinski definition) is 3. The normalized spacial score (nSPS) is 12.7. The van der Waals surface area contributed by atoms with Gasteiger partial charge in [-0.15, -0.1) is 0 Å². The second kappa shape index (κ2) is 14.7. The van der Waals surface area contributed by atoms with Crippen LogP contribution < -0.4 is 0 Å². The van der Waals surface area contributed by atoms with Gasteiger partial charge in [-0.25, -0.2) is 0 Å². The number of benzene rings is 1. The van der Waals surface area contributed by atoms with Crippen molar-refractivity contribution >= 4 is 0 Å². The van der Waals surface area contributed by atoms with E-state index in [1.54, 1.807) is 12.1 Å². The summed E-state index contributed by atoms with van der Waals surface area (Å²) in [7, 11) is 0. The first-order chi connectivity index (χ1) is 12.6. The molecule has 148 valence electrons. The van der Waals surface area contributed by atoms with Crippen molar-refractivity contribution in [1.29, 1.82) is 0 Å². The molecule has 0 bridgehead atoms. The van der Waals surface area contributed by atoms with E-state index in [0.717, 1.165) is 37.7 Å². The van der Waals surface area contributed by atoms with Gasteiger partial charge in [-0.3, -0.25) is 0 Å². The molecular weight excluding hydrogens is 324 g/mol. The number of rotatable bonds is 15. The summed E-state index contributed by atoms with van der Waals surface area (Å²) in [5.41, 5.74) is 1.01. The zero-order chi connectivity index (χ0) is 19.0. The van der Waals surface area contributed by atoms with Gasteiger partial charge in [0.25, 0.3) is 0 Å². The number of unbranched alkanes of at least 4 members (excludes halogenated alkanes) is 8. The van der Waals surface area contributed by atoms with Crippen LogP contribution in [0.25, 0.3) is 0 Å². The maximum atomic E-state index is 9.48. The van der Waals surface area contributed by atoms with Crippen LogP contribution in [0.2, 0.25) is 0 Å². The fourth-order valence-corrected chi connectivity index (χ4v) is 3.18. The molecule has 3 N–H and O–H groups in total.